The minimum Gasteiger partial charge on any atom is -0.357 e. The van der Waals surface area contributed by atoms with Crippen molar-refractivity contribution in [1.82, 2.24) is 20.6 Å². The number of hydrogen-bond acceptors (Lipinski definition) is 5. The lowest BCUT2D eigenvalue weighted by molar-refractivity contribution is -0.138. The van der Waals surface area contributed by atoms with Gasteiger partial charge < -0.3 is 5.32 Å². The van der Waals surface area contributed by atoms with Crippen LogP contribution in [0.5, 0.6) is 0 Å². The summed E-state index contributed by atoms with van der Waals surface area (Å²) in [5.74, 6) is -1.05. The number of rotatable bonds is 3. The first kappa shape index (κ1) is 17.4. The molecule has 0 fully saturated rings. The second-order valence-corrected chi connectivity index (χ2v) is 5.60. The summed E-state index contributed by atoms with van der Waals surface area (Å²) < 4.78 is 51.9. The maximum Gasteiger partial charge on any atom is 0.418 e. The Balaban J connectivity index is 2.47. The van der Waals surface area contributed by atoms with Crippen LogP contribution >= 0.6 is 31.9 Å². The average Bonchev–Trinajstić information content (AvgIpc) is 2.94. The quantitative estimate of drug-likeness (QED) is 0.541. The number of benzene rings is 1. The van der Waals surface area contributed by atoms with Gasteiger partial charge in [-0.2, -0.15) is 23.6 Å². The number of alkyl halides is 3. The number of allylic oxidation sites excluding steroid dienone is 1. The van der Waals surface area contributed by atoms with E-state index in [1.807, 2.05) is 0 Å². The predicted octanol–water partition coefficient (Wildman–Crippen LogP) is 3.86. The zero-order chi connectivity index (χ0) is 17.2. The first-order valence-electron chi connectivity index (χ1n) is 5.61. The SMILES string of the molecule is N#CC(=CNc1c(F)cc(Br)c(C(F)(F)F)c1Br)c1nn[nH]n1. The molecule has 2 aromatic rings. The molecule has 2 rings (SSSR count). The van der Waals surface area contributed by atoms with E-state index >= 15 is 0 Å². The Labute approximate surface area is 142 Å². The fourth-order valence-electron chi connectivity index (χ4n) is 1.55. The minimum absolute atomic E-state index is 0.0929. The molecule has 23 heavy (non-hydrogen) atoms. The third-order valence-corrected chi connectivity index (χ3v) is 3.94. The van der Waals surface area contributed by atoms with Crippen molar-refractivity contribution in [3.63, 3.8) is 0 Å². The Bertz CT molecular complexity index is 794. The lowest BCUT2D eigenvalue weighted by Crippen LogP contribution is -2.10. The van der Waals surface area contributed by atoms with Gasteiger partial charge in [-0.1, -0.05) is 15.9 Å². The fourth-order valence-corrected chi connectivity index (χ4v) is 3.18. The van der Waals surface area contributed by atoms with Crippen molar-refractivity contribution in [3.05, 3.63) is 38.4 Å². The van der Waals surface area contributed by atoms with Crippen molar-refractivity contribution in [1.29, 1.82) is 5.26 Å². The van der Waals surface area contributed by atoms with E-state index < -0.39 is 32.2 Å². The van der Waals surface area contributed by atoms with E-state index in [9.17, 15) is 17.6 Å². The van der Waals surface area contributed by atoms with Gasteiger partial charge in [0.05, 0.1) is 15.7 Å². The highest BCUT2D eigenvalue weighted by atomic mass is 79.9. The Kier molecular flexibility index (Phi) is 5.00. The van der Waals surface area contributed by atoms with Gasteiger partial charge in [-0.15, -0.1) is 10.2 Å². The monoisotopic (exact) mass is 454 g/mol. The van der Waals surface area contributed by atoms with E-state index in [1.54, 1.807) is 6.07 Å². The Morgan fingerprint density at radius 2 is 2.09 bits per heavy atom. The predicted molar refractivity (Wildman–Crippen MR) is 78.2 cm³/mol. The topological polar surface area (TPSA) is 90.3 Å². The smallest absolute Gasteiger partial charge is 0.357 e. The third-order valence-electron chi connectivity index (χ3n) is 2.52. The van der Waals surface area contributed by atoms with Gasteiger partial charge in [0.15, 0.2) is 0 Å². The van der Waals surface area contributed by atoms with E-state index in [2.05, 4.69) is 57.8 Å². The number of hydrogen-bond donors (Lipinski definition) is 2. The van der Waals surface area contributed by atoms with Gasteiger partial charge in [0, 0.05) is 10.7 Å². The zero-order valence-corrected chi connectivity index (χ0v) is 13.9. The molecule has 2 N–H and O–H groups in total. The molecule has 0 radical (unpaired) electrons. The normalized spacial score (nSPS) is 12.1. The van der Waals surface area contributed by atoms with Gasteiger partial charge in [-0.25, -0.2) is 4.39 Å². The molecule has 0 aliphatic carbocycles. The van der Waals surface area contributed by atoms with Crippen LogP contribution in [0.1, 0.15) is 11.4 Å². The van der Waals surface area contributed by atoms with E-state index in [4.69, 9.17) is 5.26 Å². The molecule has 120 valence electrons. The van der Waals surface area contributed by atoms with Crippen molar-refractivity contribution in [3.8, 4) is 6.07 Å². The average molecular weight is 456 g/mol. The molecule has 0 atom stereocenters. The summed E-state index contributed by atoms with van der Waals surface area (Å²) in [5, 5.41) is 23.7. The number of nitrogens with one attached hydrogen (secondary N) is 2. The number of nitriles is 1. The van der Waals surface area contributed by atoms with Crippen molar-refractivity contribution in [2.24, 2.45) is 0 Å². The molecular formula is C11H4Br2F4N6. The number of aromatic nitrogens is 4. The second-order valence-electron chi connectivity index (χ2n) is 3.95. The van der Waals surface area contributed by atoms with Gasteiger partial charge >= 0.3 is 6.18 Å². The molecule has 1 heterocycles. The molecule has 0 bridgehead atoms. The van der Waals surface area contributed by atoms with Crippen molar-refractivity contribution < 1.29 is 17.6 Å². The van der Waals surface area contributed by atoms with Crippen LogP contribution in [0.3, 0.4) is 0 Å². The molecule has 0 unspecified atom stereocenters. The molecule has 0 spiro atoms. The molecular weight excluding hydrogens is 452 g/mol. The first-order valence-corrected chi connectivity index (χ1v) is 7.19. The first-order chi connectivity index (χ1) is 10.8. The van der Waals surface area contributed by atoms with Crippen LogP contribution in [-0.2, 0) is 6.18 Å². The van der Waals surface area contributed by atoms with Crippen LogP contribution < -0.4 is 5.32 Å². The van der Waals surface area contributed by atoms with Crippen molar-refractivity contribution in [2.45, 2.75) is 6.18 Å². The van der Waals surface area contributed by atoms with Gasteiger partial charge in [-0.3, -0.25) is 0 Å². The van der Waals surface area contributed by atoms with Gasteiger partial charge in [0.1, 0.15) is 17.5 Å². The molecule has 0 aliphatic rings. The van der Waals surface area contributed by atoms with Gasteiger partial charge in [0.2, 0.25) is 5.82 Å². The van der Waals surface area contributed by atoms with Crippen molar-refractivity contribution >= 4 is 43.1 Å². The molecule has 0 saturated heterocycles. The fraction of sp³-hybridized carbons (Fsp3) is 0.0909. The highest BCUT2D eigenvalue weighted by molar-refractivity contribution is 9.11. The minimum atomic E-state index is -4.71. The zero-order valence-electron chi connectivity index (χ0n) is 10.7. The molecule has 0 aliphatic heterocycles. The maximum atomic E-state index is 13.9. The molecule has 0 amide bonds. The number of H-pyrrole nitrogens is 1. The summed E-state index contributed by atoms with van der Waals surface area (Å²) in [5.41, 5.74) is -1.73. The number of aromatic amines is 1. The lowest BCUT2D eigenvalue weighted by atomic mass is 10.2. The molecule has 1 aromatic carbocycles. The molecule has 1 aromatic heterocycles. The Hall–Kier alpha value is -2.00. The van der Waals surface area contributed by atoms with E-state index in [0.29, 0.717) is 6.07 Å². The van der Waals surface area contributed by atoms with Crippen molar-refractivity contribution in [2.75, 3.05) is 5.32 Å². The molecule has 6 nitrogen and oxygen atoms in total. The summed E-state index contributed by atoms with van der Waals surface area (Å²) in [7, 11) is 0. The summed E-state index contributed by atoms with van der Waals surface area (Å²) in [6.45, 7) is 0. The highest BCUT2D eigenvalue weighted by Gasteiger charge is 2.37. The summed E-state index contributed by atoms with van der Waals surface area (Å²) in [6.07, 6.45) is -3.74. The largest absolute Gasteiger partial charge is 0.418 e. The van der Waals surface area contributed by atoms with E-state index in [0.717, 1.165) is 6.20 Å². The summed E-state index contributed by atoms with van der Waals surface area (Å²) in [4.78, 5) is 0. The van der Waals surface area contributed by atoms with Crippen LogP contribution in [0.25, 0.3) is 5.57 Å². The number of halogens is 6. The van der Waals surface area contributed by atoms with Crippen LogP contribution in [0.2, 0.25) is 0 Å². The molecule has 12 heteroatoms. The van der Waals surface area contributed by atoms with Crippen LogP contribution in [0.15, 0.2) is 21.2 Å². The summed E-state index contributed by atoms with van der Waals surface area (Å²) >= 11 is 5.40. The van der Waals surface area contributed by atoms with Gasteiger partial charge in [0.25, 0.3) is 0 Å². The van der Waals surface area contributed by atoms with E-state index in [-0.39, 0.29) is 11.4 Å². The standard InChI is InChI=1S/C11H4Br2F4N6/c12-5-1-6(14)9(8(13)7(5)11(15,16)17)19-3-4(2-18)10-20-22-23-21-10/h1,3,19H,(H,20,21,22,23). The third kappa shape index (κ3) is 3.67. The molecule has 0 saturated carbocycles. The lowest BCUT2D eigenvalue weighted by Gasteiger charge is -2.15. The number of tetrazole rings is 1. The van der Waals surface area contributed by atoms with E-state index in [1.165, 1.54) is 0 Å². The summed E-state index contributed by atoms with van der Waals surface area (Å²) in [6, 6.07) is 2.39. The van der Waals surface area contributed by atoms with Crippen LogP contribution in [0, 0.1) is 17.1 Å². The van der Waals surface area contributed by atoms with Gasteiger partial charge in [-0.05, 0) is 27.2 Å². The Morgan fingerprint density at radius 3 is 2.61 bits per heavy atom. The van der Waals surface area contributed by atoms with Crippen LogP contribution in [0.4, 0.5) is 23.2 Å². The van der Waals surface area contributed by atoms with Crippen LogP contribution in [-0.4, -0.2) is 20.6 Å². The number of anilines is 1. The maximum absolute atomic E-state index is 13.9. The Morgan fingerprint density at radius 1 is 1.39 bits per heavy atom. The number of nitrogens with zero attached hydrogens (tertiary/aromatic N) is 4. The highest BCUT2D eigenvalue weighted by Crippen LogP contribution is 2.44. The second kappa shape index (κ2) is 6.63.